The molecule has 0 radical (unpaired) electrons. The van der Waals surface area contributed by atoms with Crippen molar-refractivity contribution in [2.24, 2.45) is 10.7 Å². The molecule has 0 saturated carbocycles. The van der Waals surface area contributed by atoms with Crippen molar-refractivity contribution in [3.63, 3.8) is 0 Å². The number of amides is 1. The van der Waals surface area contributed by atoms with Crippen molar-refractivity contribution in [3.8, 4) is 0 Å². The van der Waals surface area contributed by atoms with E-state index in [1.54, 1.807) is 0 Å². The predicted molar refractivity (Wildman–Crippen MR) is 35.1 cm³/mol. The van der Waals surface area contributed by atoms with Gasteiger partial charge in [-0.3, -0.25) is 4.79 Å². The van der Waals surface area contributed by atoms with Crippen LogP contribution < -0.4 is 5.73 Å². The molecular weight excluding hydrogens is 140 g/mol. The smallest absolute Gasteiger partial charge is 0.264 e. The van der Waals surface area contributed by atoms with Crippen molar-refractivity contribution in [1.82, 2.24) is 0 Å². The Bertz CT molecular complexity index is 168. The van der Waals surface area contributed by atoms with E-state index >= 15 is 0 Å². The van der Waals surface area contributed by atoms with Crippen LogP contribution in [0.2, 0.25) is 0 Å². The molecule has 0 spiro atoms. The van der Waals surface area contributed by atoms with Gasteiger partial charge < -0.3 is 10.8 Å². The Balaban J connectivity index is 2.60. The van der Waals surface area contributed by atoms with Gasteiger partial charge in [0.25, 0.3) is 5.91 Å². The lowest BCUT2D eigenvalue weighted by Crippen LogP contribution is -2.15. The first-order valence-electron chi connectivity index (χ1n) is 2.39. The number of thioether (sulfide) groups is 1. The average molecular weight is 146 g/mol. The average Bonchev–Trinajstić information content (AvgIpc) is 2.10. The van der Waals surface area contributed by atoms with Crippen LogP contribution in [0.1, 0.15) is 0 Å². The van der Waals surface area contributed by atoms with Crippen LogP contribution in [0.5, 0.6) is 0 Å². The first kappa shape index (κ1) is 6.57. The normalized spacial score (nSPS) is 26.6. The monoisotopic (exact) mass is 146 g/mol. The molecule has 4 nitrogen and oxygen atoms in total. The maximum atomic E-state index is 10.6. The molecule has 0 aromatic heterocycles. The number of aliphatic hydroxyl groups excluding tert-OH is 1. The van der Waals surface area contributed by atoms with Crippen LogP contribution in [0.4, 0.5) is 0 Å². The molecule has 0 aromatic rings. The summed E-state index contributed by atoms with van der Waals surface area (Å²) in [6.45, 7) is -0.187. The van der Waals surface area contributed by atoms with Gasteiger partial charge in [0.1, 0.15) is 5.25 Å². The van der Waals surface area contributed by atoms with Crippen molar-refractivity contribution in [3.05, 3.63) is 0 Å². The minimum Gasteiger partial charge on any atom is -0.395 e. The number of rotatable bonds is 1. The molecule has 1 amide bonds. The van der Waals surface area contributed by atoms with E-state index in [1.807, 2.05) is 0 Å². The minimum absolute atomic E-state index is 0.187. The van der Waals surface area contributed by atoms with Crippen LogP contribution in [-0.4, -0.2) is 28.0 Å². The standard InChI is InChI=1S/C4H6N2O2S/c5-4-6-3(8)2(1-7)9-4/h2,7H,1H2,(H2,5,6,8). The zero-order chi connectivity index (χ0) is 6.85. The summed E-state index contributed by atoms with van der Waals surface area (Å²) in [6.07, 6.45) is 0. The molecule has 50 valence electrons. The lowest BCUT2D eigenvalue weighted by Gasteiger charge is -1.96. The number of nitrogens with two attached hydrogens (primary N) is 1. The first-order chi connectivity index (χ1) is 4.24. The predicted octanol–water partition coefficient (Wildman–Crippen LogP) is -1.06. The molecule has 1 heterocycles. The van der Waals surface area contributed by atoms with E-state index in [9.17, 15) is 4.79 Å². The zero-order valence-electron chi connectivity index (χ0n) is 4.57. The summed E-state index contributed by atoms with van der Waals surface area (Å²) in [5.41, 5.74) is 5.17. The maximum absolute atomic E-state index is 10.6. The molecule has 0 bridgehead atoms. The van der Waals surface area contributed by atoms with E-state index in [2.05, 4.69) is 4.99 Å². The first-order valence-corrected chi connectivity index (χ1v) is 3.27. The van der Waals surface area contributed by atoms with Crippen molar-refractivity contribution in [2.75, 3.05) is 6.61 Å². The van der Waals surface area contributed by atoms with E-state index in [1.165, 1.54) is 0 Å². The van der Waals surface area contributed by atoms with E-state index in [0.29, 0.717) is 0 Å². The van der Waals surface area contributed by atoms with Crippen molar-refractivity contribution in [2.45, 2.75) is 5.25 Å². The van der Waals surface area contributed by atoms with Gasteiger partial charge >= 0.3 is 0 Å². The fourth-order valence-electron chi connectivity index (χ4n) is 0.518. The van der Waals surface area contributed by atoms with Crippen LogP contribution >= 0.6 is 11.8 Å². The molecule has 1 atom stereocenters. The molecule has 1 rings (SSSR count). The topological polar surface area (TPSA) is 75.7 Å². The number of hydrogen-bond acceptors (Lipinski definition) is 4. The second kappa shape index (κ2) is 2.36. The lowest BCUT2D eigenvalue weighted by molar-refractivity contribution is -0.117. The van der Waals surface area contributed by atoms with Gasteiger partial charge in [0.05, 0.1) is 6.61 Å². The summed E-state index contributed by atoms with van der Waals surface area (Å²) in [7, 11) is 0. The van der Waals surface area contributed by atoms with Crippen LogP contribution in [0, 0.1) is 0 Å². The van der Waals surface area contributed by atoms with E-state index in [-0.39, 0.29) is 17.7 Å². The van der Waals surface area contributed by atoms with Crippen LogP contribution in [0.15, 0.2) is 4.99 Å². The fourth-order valence-corrected chi connectivity index (χ4v) is 1.18. The third kappa shape index (κ3) is 1.22. The number of aliphatic hydroxyl groups is 1. The Morgan fingerprint density at radius 3 is 2.78 bits per heavy atom. The summed E-state index contributed by atoms with van der Waals surface area (Å²) in [5, 5.41) is 8.28. The number of amidine groups is 1. The molecule has 1 aliphatic rings. The highest BCUT2D eigenvalue weighted by Gasteiger charge is 2.25. The fraction of sp³-hybridized carbons (Fsp3) is 0.500. The highest BCUT2D eigenvalue weighted by Crippen LogP contribution is 2.18. The Morgan fingerprint density at radius 2 is 2.56 bits per heavy atom. The van der Waals surface area contributed by atoms with E-state index in [4.69, 9.17) is 10.8 Å². The third-order valence-electron chi connectivity index (χ3n) is 0.925. The Labute approximate surface area is 56.1 Å². The summed E-state index contributed by atoms with van der Waals surface area (Å²) in [5.74, 6) is -0.333. The van der Waals surface area contributed by atoms with E-state index < -0.39 is 5.25 Å². The molecule has 3 N–H and O–H groups in total. The summed E-state index contributed by atoms with van der Waals surface area (Å²) < 4.78 is 0. The van der Waals surface area contributed by atoms with Crippen LogP contribution in [0.25, 0.3) is 0 Å². The number of nitrogens with zero attached hydrogens (tertiary/aromatic N) is 1. The van der Waals surface area contributed by atoms with Crippen LogP contribution in [0.3, 0.4) is 0 Å². The van der Waals surface area contributed by atoms with Crippen molar-refractivity contribution >= 4 is 22.8 Å². The van der Waals surface area contributed by atoms with Gasteiger partial charge in [0, 0.05) is 0 Å². The molecule has 1 aliphatic heterocycles. The highest BCUT2D eigenvalue weighted by atomic mass is 32.2. The third-order valence-corrected chi connectivity index (χ3v) is 1.89. The second-order valence-corrected chi connectivity index (χ2v) is 2.80. The Morgan fingerprint density at radius 1 is 1.89 bits per heavy atom. The molecule has 5 heteroatoms. The largest absolute Gasteiger partial charge is 0.395 e. The van der Waals surface area contributed by atoms with Gasteiger partial charge in [-0.25, -0.2) is 0 Å². The minimum atomic E-state index is -0.454. The number of carbonyl (C=O) groups is 1. The summed E-state index contributed by atoms with van der Waals surface area (Å²) in [4.78, 5) is 14.0. The Kier molecular flexibility index (Phi) is 1.73. The van der Waals surface area contributed by atoms with Gasteiger partial charge in [0.15, 0.2) is 5.17 Å². The van der Waals surface area contributed by atoms with Crippen LogP contribution in [-0.2, 0) is 4.79 Å². The molecule has 1 unspecified atom stereocenters. The number of hydrogen-bond donors (Lipinski definition) is 2. The van der Waals surface area contributed by atoms with Gasteiger partial charge in [0.2, 0.25) is 0 Å². The zero-order valence-corrected chi connectivity index (χ0v) is 5.39. The van der Waals surface area contributed by atoms with E-state index in [0.717, 1.165) is 11.8 Å². The Hall–Kier alpha value is -0.550. The molecule has 0 aliphatic carbocycles. The molecule has 9 heavy (non-hydrogen) atoms. The van der Waals surface area contributed by atoms with Gasteiger partial charge in [-0.05, 0) is 0 Å². The summed E-state index contributed by atoms with van der Waals surface area (Å²) in [6, 6.07) is 0. The highest BCUT2D eigenvalue weighted by molar-refractivity contribution is 8.15. The maximum Gasteiger partial charge on any atom is 0.264 e. The quantitative estimate of drug-likeness (QED) is 0.494. The summed E-state index contributed by atoms with van der Waals surface area (Å²) >= 11 is 1.10. The van der Waals surface area contributed by atoms with Crippen molar-refractivity contribution in [1.29, 1.82) is 0 Å². The number of carbonyl (C=O) groups excluding carboxylic acids is 1. The lowest BCUT2D eigenvalue weighted by atomic mass is 10.4. The molecule has 0 saturated heterocycles. The van der Waals surface area contributed by atoms with Crippen molar-refractivity contribution < 1.29 is 9.90 Å². The van der Waals surface area contributed by atoms with Gasteiger partial charge in [-0.1, -0.05) is 11.8 Å². The second-order valence-electron chi connectivity index (χ2n) is 1.58. The number of aliphatic imine (C=N–C) groups is 1. The van der Waals surface area contributed by atoms with Gasteiger partial charge in [-0.15, -0.1) is 0 Å². The van der Waals surface area contributed by atoms with Gasteiger partial charge in [-0.2, -0.15) is 4.99 Å². The SMILES string of the molecule is NC1=NC(=O)C(CO)S1. The molecular formula is C4H6N2O2S. The molecule has 0 aromatic carbocycles. The molecule has 0 fully saturated rings.